The Balaban J connectivity index is 0.893. The van der Waals surface area contributed by atoms with E-state index in [0.29, 0.717) is 22.3 Å². The van der Waals surface area contributed by atoms with Crippen LogP contribution in [0.15, 0.2) is 243 Å². The van der Waals surface area contributed by atoms with Crippen LogP contribution in [-0.2, 0) is 0 Å². The summed E-state index contributed by atoms with van der Waals surface area (Å²) in [5, 5.41) is 3.51. The van der Waals surface area contributed by atoms with Gasteiger partial charge in [0.2, 0.25) is 0 Å². The molecule has 5 nitrogen and oxygen atoms in total. The molecule has 0 bridgehead atoms. The monoisotopic (exact) mass is 919 g/mol. The van der Waals surface area contributed by atoms with Gasteiger partial charge >= 0.3 is 0 Å². The Kier molecular flexibility index (Phi) is 13.0. The Morgan fingerprint density at radius 2 is 0.634 bits per heavy atom. The van der Waals surface area contributed by atoms with Crippen molar-refractivity contribution in [3.8, 4) is 22.3 Å². The summed E-state index contributed by atoms with van der Waals surface area (Å²) in [6, 6.07) is 81.1. The summed E-state index contributed by atoms with van der Waals surface area (Å²) >= 11 is 0. The molecule has 10 aromatic carbocycles. The van der Waals surface area contributed by atoms with Gasteiger partial charge in [-0.25, -0.2) is 0 Å². The smallest absolute Gasteiger partial charge is 0.193 e. The molecule has 0 saturated carbocycles. The van der Waals surface area contributed by atoms with Gasteiger partial charge in [0.1, 0.15) is 0 Å². The quantitative estimate of drug-likeness (QED) is 0.110. The van der Waals surface area contributed by atoms with Crippen molar-refractivity contribution in [2.75, 3.05) is 15.1 Å². The SMILES string of the molecule is Cc1cc(Nc2ccccc2)cc(C)c1-c1ccc(C(=O)c2cccc(N(c3ccccc3)c3cccc(C(=O)c4ccc(-c5c(C)cc(N(c6ccccc6)c6ccccc6)cc5C)cc4)c3)c2)cc1. The first kappa shape index (κ1) is 45.7. The highest BCUT2D eigenvalue weighted by Crippen LogP contribution is 2.40. The molecular formula is C66H53N3O2. The van der Waals surface area contributed by atoms with Crippen LogP contribution in [0.1, 0.15) is 54.1 Å². The summed E-state index contributed by atoms with van der Waals surface area (Å²) in [4.78, 5) is 32.9. The molecule has 0 aromatic heterocycles. The van der Waals surface area contributed by atoms with Crippen LogP contribution < -0.4 is 15.1 Å². The molecule has 1 N–H and O–H groups in total. The lowest BCUT2D eigenvalue weighted by molar-refractivity contribution is 0.103. The zero-order valence-corrected chi connectivity index (χ0v) is 40.3. The van der Waals surface area contributed by atoms with Crippen LogP contribution in [0, 0.1) is 27.7 Å². The molecule has 0 unspecified atom stereocenters. The van der Waals surface area contributed by atoms with Crippen LogP contribution in [-0.4, -0.2) is 11.6 Å². The summed E-state index contributed by atoms with van der Waals surface area (Å²) < 4.78 is 0. The van der Waals surface area contributed by atoms with Gasteiger partial charge in [-0.15, -0.1) is 0 Å². The van der Waals surface area contributed by atoms with E-state index in [2.05, 4.69) is 140 Å². The average molecular weight is 920 g/mol. The Morgan fingerprint density at radius 1 is 0.296 bits per heavy atom. The van der Waals surface area contributed by atoms with E-state index in [4.69, 9.17) is 0 Å². The van der Waals surface area contributed by atoms with Crippen molar-refractivity contribution in [3.63, 3.8) is 0 Å². The van der Waals surface area contributed by atoms with Crippen molar-refractivity contribution in [3.05, 3.63) is 287 Å². The van der Waals surface area contributed by atoms with Gasteiger partial charge < -0.3 is 15.1 Å². The minimum Gasteiger partial charge on any atom is -0.356 e. The number of hydrogen-bond acceptors (Lipinski definition) is 5. The minimum atomic E-state index is -0.0749. The molecular weight excluding hydrogens is 867 g/mol. The van der Waals surface area contributed by atoms with Crippen LogP contribution in [0.25, 0.3) is 22.3 Å². The lowest BCUT2D eigenvalue weighted by Gasteiger charge is -2.27. The Hall–Kier alpha value is -9.06. The molecule has 5 heteroatoms. The highest BCUT2D eigenvalue weighted by Gasteiger charge is 2.20. The van der Waals surface area contributed by atoms with E-state index in [-0.39, 0.29) is 11.6 Å². The molecule has 0 radical (unpaired) electrons. The maximum absolute atomic E-state index is 14.3. The van der Waals surface area contributed by atoms with Crippen molar-refractivity contribution in [2.24, 2.45) is 0 Å². The molecule has 10 rings (SSSR count). The van der Waals surface area contributed by atoms with Crippen LogP contribution in [0.4, 0.5) is 45.5 Å². The second-order valence-electron chi connectivity index (χ2n) is 18.0. The molecule has 0 aliphatic carbocycles. The molecule has 0 spiro atoms. The van der Waals surface area contributed by atoms with Gasteiger partial charge in [-0.2, -0.15) is 0 Å². The Bertz CT molecular complexity index is 3410. The van der Waals surface area contributed by atoms with Crippen LogP contribution in [0.3, 0.4) is 0 Å². The highest BCUT2D eigenvalue weighted by atomic mass is 16.1. The Morgan fingerprint density at radius 3 is 1.03 bits per heavy atom. The first-order chi connectivity index (χ1) is 34.7. The third kappa shape index (κ3) is 9.80. The van der Waals surface area contributed by atoms with Crippen LogP contribution in [0.5, 0.6) is 0 Å². The number of ketones is 2. The van der Waals surface area contributed by atoms with Crippen molar-refractivity contribution >= 4 is 57.1 Å². The number of aryl methyl sites for hydroxylation is 4. The van der Waals surface area contributed by atoms with Crippen LogP contribution >= 0.6 is 0 Å². The fraction of sp³-hybridized carbons (Fsp3) is 0.0606. The van der Waals surface area contributed by atoms with E-state index >= 15 is 0 Å². The summed E-state index contributed by atoms with van der Waals surface area (Å²) in [7, 11) is 0. The number of hydrogen-bond donors (Lipinski definition) is 1. The average Bonchev–Trinajstić information content (AvgIpc) is 3.40. The van der Waals surface area contributed by atoms with E-state index < -0.39 is 0 Å². The summed E-state index contributed by atoms with van der Waals surface area (Å²) in [6.07, 6.45) is 0. The number of carbonyl (C=O) groups is 2. The van der Waals surface area contributed by atoms with Gasteiger partial charge in [-0.3, -0.25) is 9.59 Å². The molecule has 0 fully saturated rings. The van der Waals surface area contributed by atoms with Crippen molar-refractivity contribution in [1.82, 2.24) is 0 Å². The van der Waals surface area contributed by atoms with Gasteiger partial charge in [-0.1, -0.05) is 146 Å². The predicted octanol–water partition coefficient (Wildman–Crippen LogP) is 17.4. The molecule has 344 valence electrons. The number of para-hydroxylation sites is 4. The first-order valence-corrected chi connectivity index (χ1v) is 24.0. The topological polar surface area (TPSA) is 52.7 Å². The second-order valence-corrected chi connectivity index (χ2v) is 18.0. The number of benzene rings is 10. The zero-order chi connectivity index (χ0) is 48.8. The second kappa shape index (κ2) is 20.3. The van der Waals surface area contributed by atoms with Gasteiger partial charge in [0.15, 0.2) is 11.6 Å². The third-order valence-corrected chi connectivity index (χ3v) is 13.0. The molecule has 0 heterocycles. The van der Waals surface area contributed by atoms with Gasteiger partial charge in [0.05, 0.1) is 0 Å². The van der Waals surface area contributed by atoms with E-state index in [1.54, 1.807) is 0 Å². The summed E-state index contributed by atoms with van der Waals surface area (Å²) in [5.41, 5.74) is 19.2. The molecule has 0 aliphatic rings. The van der Waals surface area contributed by atoms with E-state index in [9.17, 15) is 9.59 Å². The lowest BCUT2D eigenvalue weighted by Crippen LogP contribution is -2.12. The van der Waals surface area contributed by atoms with Crippen molar-refractivity contribution in [1.29, 1.82) is 0 Å². The molecule has 0 atom stereocenters. The molecule has 10 aromatic rings. The van der Waals surface area contributed by atoms with Gasteiger partial charge in [-0.05, 0) is 169 Å². The van der Waals surface area contributed by atoms with E-state index in [1.165, 1.54) is 0 Å². The molecule has 0 saturated heterocycles. The van der Waals surface area contributed by atoms with E-state index in [0.717, 1.165) is 90.0 Å². The third-order valence-electron chi connectivity index (χ3n) is 13.0. The number of nitrogens with zero attached hydrogens (tertiary/aromatic N) is 2. The fourth-order valence-corrected chi connectivity index (χ4v) is 9.81. The molecule has 0 aliphatic heterocycles. The largest absolute Gasteiger partial charge is 0.356 e. The zero-order valence-electron chi connectivity index (χ0n) is 40.3. The fourth-order valence-electron chi connectivity index (χ4n) is 9.81. The molecule has 71 heavy (non-hydrogen) atoms. The van der Waals surface area contributed by atoms with Crippen molar-refractivity contribution < 1.29 is 9.59 Å². The normalized spacial score (nSPS) is 10.9. The number of carbonyl (C=O) groups excluding carboxylic acids is 2. The highest BCUT2D eigenvalue weighted by molar-refractivity contribution is 6.11. The molecule has 0 amide bonds. The van der Waals surface area contributed by atoms with Crippen LogP contribution in [0.2, 0.25) is 0 Å². The maximum Gasteiger partial charge on any atom is 0.193 e. The number of anilines is 8. The van der Waals surface area contributed by atoms with Crippen molar-refractivity contribution in [2.45, 2.75) is 27.7 Å². The minimum absolute atomic E-state index is 0.0719. The summed E-state index contributed by atoms with van der Waals surface area (Å²) in [5.74, 6) is -0.147. The summed E-state index contributed by atoms with van der Waals surface area (Å²) in [6.45, 7) is 8.55. The maximum atomic E-state index is 14.3. The lowest BCUT2D eigenvalue weighted by atomic mass is 9.93. The van der Waals surface area contributed by atoms with E-state index in [1.807, 2.05) is 146 Å². The standard InChI is InChI=1S/C66H53N3O2/c1-45-39-56(67-55-21-9-5-10-22-55)40-46(2)63(45)49-31-35-51(36-32-49)65(70)53-19-17-29-60(43-53)69(59-27-15-8-16-28-59)61-30-18-20-54(44-61)66(71)52-37-33-50(34-38-52)64-47(3)41-62(42-48(64)4)68(57-23-11-6-12-24-57)58-25-13-7-14-26-58/h5-44,67H,1-4H3. The number of nitrogens with one attached hydrogen (secondary N) is 1. The van der Waals surface area contributed by atoms with Gasteiger partial charge in [0, 0.05) is 67.8 Å². The van der Waals surface area contributed by atoms with Gasteiger partial charge in [0.25, 0.3) is 0 Å². The predicted molar refractivity (Wildman–Crippen MR) is 295 cm³/mol. The first-order valence-electron chi connectivity index (χ1n) is 24.0. The number of rotatable bonds is 14. The Labute approximate surface area is 417 Å².